The highest BCUT2D eigenvalue weighted by Gasteiger charge is 2.04. The van der Waals surface area contributed by atoms with E-state index in [0.717, 1.165) is 37.1 Å². The topological polar surface area (TPSA) is 68.2 Å². The largest absolute Gasteiger partial charge is 0.370 e. The Morgan fingerprint density at radius 2 is 2.22 bits per heavy atom. The quantitative estimate of drug-likeness (QED) is 0.350. The Kier molecular flexibility index (Phi) is 8.78. The summed E-state index contributed by atoms with van der Waals surface area (Å²) in [6.45, 7) is 5.73. The molecular weight excluding hydrogens is 341 g/mol. The Hall–Kier alpha value is -0.790. The van der Waals surface area contributed by atoms with Crippen molar-refractivity contribution < 1.29 is 0 Å². The van der Waals surface area contributed by atoms with Gasteiger partial charge in [-0.2, -0.15) is 5.10 Å². The highest BCUT2D eigenvalue weighted by molar-refractivity contribution is 14.0. The van der Waals surface area contributed by atoms with Crippen LogP contribution in [-0.4, -0.2) is 22.3 Å². The van der Waals surface area contributed by atoms with E-state index in [0.29, 0.717) is 12.5 Å². The fourth-order valence-corrected chi connectivity index (χ4v) is 1.63. The summed E-state index contributed by atoms with van der Waals surface area (Å²) in [5.74, 6) is 0.518. The summed E-state index contributed by atoms with van der Waals surface area (Å²) in [6.07, 6.45) is 5.20. The second-order valence-corrected chi connectivity index (χ2v) is 4.11. The molecule has 1 aromatic rings. The molecule has 0 aliphatic rings. The van der Waals surface area contributed by atoms with E-state index in [1.54, 1.807) is 0 Å². The number of unbranched alkanes of at least 4 members (excludes halogenated alkanes) is 1. The van der Waals surface area contributed by atoms with Gasteiger partial charge in [-0.15, -0.1) is 24.0 Å². The van der Waals surface area contributed by atoms with E-state index in [4.69, 9.17) is 5.73 Å². The van der Waals surface area contributed by atoms with E-state index in [-0.39, 0.29) is 24.0 Å². The summed E-state index contributed by atoms with van der Waals surface area (Å²) < 4.78 is 1.82. The molecule has 0 atom stereocenters. The van der Waals surface area contributed by atoms with E-state index >= 15 is 0 Å². The van der Waals surface area contributed by atoms with Crippen LogP contribution in [0.4, 0.5) is 0 Å². The van der Waals surface area contributed by atoms with Crippen molar-refractivity contribution >= 4 is 29.9 Å². The SMILES string of the molecule is CCCCNC(N)=NCc1cn(C)nc1CC.I. The van der Waals surface area contributed by atoms with Crippen LogP contribution in [0.15, 0.2) is 11.2 Å². The van der Waals surface area contributed by atoms with Crippen LogP contribution in [0.5, 0.6) is 0 Å². The van der Waals surface area contributed by atoms with E-state index in [1.807, 2.05) is 17.9 Å². The van der Waals surface area contributed by atoms with Gasteiger partial charge in [-0.25, -0.2) is 4.99 Å². The molecule has 0 bridgehead atoms. The van der Waals surface area contributed by atoms with Crippen LogP contribution in [0.3, 0.4) is 0 Å². The fraction of sp³-hybridized carbons (Fsp3) is 0.667. The summed E-state index contributed by atoms with van der Waals surface area (Å²) in [4.78, 5) is 4.32. The lowest BCUT2D eigenvalue weighted by Gasteiger charge is -2.03. The van der Waals surface area contributed by atoms with E-state index in [2.05, 4.69) is 29.3 Å². The van der Waals surface area contributed by atoms with Crippen molar-refractivity contribution in [1.29, 1.82) is 0 Å². The van der Waals surface area contributed by atoms with Crippen molar-refractivity contribution in [3.8, 4) is 0 Å². The molecule has 0 aromatic carbocycles. The Bertz CT molecular complexity index is 373. The van der Waals surface area contributed by atoms with Crippen LogP contribution in [-0.2, 0) is 20.0 Å². The number of nitrogens with one attached hydrogen (secondary N) is 1. The molecule has 0 saturated heterocycles. The third-order valence-corrected chi connectivity index (χ3v) is 2.58. The molecule has 0 saturated carbocycles. The van der Waals surface area contributed by atoms with Crippen molar-refractivity contribution in [3.05, 3.63) is 17.5 Å². The van der Waals surface area contributed by atoms with Crippen molar-refractivity contribution in [2.24, 2.45) is 17.8 Å². The Morgan fingerprint density at radius 1 is 1.50 bits per heavy atom. The van der Waals surface area contributed by atoms with Crippen LogP contribution < -0.4 is 11.1 Å². The Balaban J connectivity index is 0.00000289. The summed E-state index contributed by atoms with van der Waals surface area (Å²) in [5.41, 5.74) is 8.02. The Morgan fingerprint density at radius 3 is 2.83 bits per heavy atom. The number of aromatic nitrogens is 2. The first-order valence-corrected chi connectivity index (χ1v) is 6.22. The number of rotatable bonds is 6. The monoisotopic (exact) mass is 365 g/mol. The first-order valence-electron chi connectivity index (χ1n) is 6.22. The van der Waals surface area contributed by atoms with Gasteiger partial charge in [0.2, 0.25) is 0 Å². The maximum atomic E-state index is 5.77. The fourth-order valence-electron chi connectivity index (χ4n) is 1.63. The lowest BCUT2D eigenvalue weighted by molar-refractivity contribution is 0.746. The number of aliphatic imine (C=N–C) groups is 1. The van der Waals surface area contributed by atoms with E-state index in [9.17, 15) is 0 Å². The Labute approximate surface area is 126 Å². The van der Waals surface area contributed by atoms with Crippen LogP contribution in [0.25, 0.3) is 0 Å². The molecule has 1 heterocycles. The molecule has 18 heavy (non-hydrogen) atoms. The minimum Gasteiger partial charge on any atom is -0.370 e. The van der Waals surface area contributed by atoms with Crippen molar-refractivity contribution in [1.82, 2.24) is 15.1 Å². The van der Waals surface area contributed by atoms with Crippen molar-refractivity contribution in [2.45, 2.75) is 39.7 Å². The molecule has 5 nitrogen and oxygen atoms in total. The molecule has 1 aromatic heterocycles. The zero-order valence-corrected chi connectivity index (χ0v) is 13.8. The van der Waals surface area contributed by atoms with Crippen LogP contribution in [0.2, 0.25) is 0 Å². The number of aryl methyl sites for hydroxylation is 2. The first kappa shape index (κ1) is 17.2. The first-order chi connectivity index (χ1) is 8.17. The van der Waals surface area contributed by atoms with Gasteiger partial charge in [0, 0.05) is 25.4 Å². The van der Waals surface area contributed by atoms with Gasteiger partial charge in [0.1, 0.15) is 0 Å². The maximum absolute atomic E-state index is 5.77. The molecule has 3 N–H and O–H groups in total. The van der Waals surface area contributed by atoms with Gasteiger partial charge in [0.05, 0.1) is 12.2 Å². The second kappa shape index (κ2) is 9.18. The molecule has 6 heteroatoms. The van der Waals surface area contributed by atoms with E-state index < -0.39 is 0 Å². The summed E-state index contributed by atoms with van der Waals surface area (Å²) >= 11 is 0. The standard InChI is InChI=1S/C12H23N5.HI/c1-4-6-7-14-12(13)15-8-10-9-17(3)16-11(10)5-2;/h9H,4-8H2,1-3H3,(H3,13,14,15);1H. The number of hydrogen-bond donors (Lipinski definition) is 2. The lowest BCUT2D eigenvalue weighted by Crippen LogP contribution is -2.32. The van der Waals surface area contributed by atoms with Crippen LogP contribution >= 0.6 is 24.0 Å². The molecule has 0 unspecified atom stereocenters. The number of halogens is 1. The maximum Gasteiger partial charge on any atom is 0.188 e. The van der Waals surface area contributed by atoms with Crippen molar-refractivity contribution in [2.75, 3.05) is 6.54 Å². The van der Waals surface area contributed by atoms with Crippen molar-refractivity contribution in [3.63, 3.8) is 0 Å². The zero-order chi connectivity index (χ0) is 12.7. The molecule has 0 aliphatic heterocycles. The average molecular weight is 365 g/mol. The predicted molar refractivity (Wildman–Crippen MR) is 86.2 cm³/mol. The zero-order valence-electron chi connectivity index (χ0n) is 11.4. The lowest BCUT2D eigenvalue weighted by atomic mass is 10.2. The molecule has 0 amide bonds. The van der Waals surface area contributed by atoms with Gasteiger partial charge in [0.15, 0.2) is 5.96 Å². The number of nitrogens with zero attached hydrogens (tertiary/aromatic N) is 3. The average Bonchev–Trinajstić information content (AvgIpc) is 2.67. The number of guanidine groups is 1. The molecule has 0 radical (unpaired) electrons. The molecule has 1 rings (SSSR count). The minimum absolute atomic E-state index is 0. The number of hydrogen-bond acceptors (Lipinski definition) is 2. The minimum atomic E-state index is 0. The molecule has 0 spiro atoms. The third-order valence-electron chi connectivity index (χ3n) is 2.58. The predicted octanol–water partition coefficient (Wildman–Crippen LogP) is 1.80. The number of nitrogens with two attached hydrogens (primary N) is 1. The molecular formula is C12H24IN5. The second-order valence-electron chi connectivity index (χ2n) is 4.11. The normalized spacial score (nSPS) is 11.2. The van der Waals surface area contributed by atoms with Gasteiger partial charge in [0.25, 0.3) is 0 Å². The third kappa shape index (κ3) is 5.70. The van der Waals surface area contributed by atoms with Gasteiger partial charge in [-0.1, -0.05) is 20.3 Å². The smallest absolute Gasteiger partial charge is 0.188 e. The molecule has 0 aliphatic carbocycles. The van der Waals surface area contributed by atoms with Gasteiger partial charge in [-0.3, -0.25) is 4.68 Å². The summed E-state index contributed by atoms with van der Waals surface area (Å²) in [5, 5.41) is 7.47. The highest BCUT2D eigenvalue weighted by Crippen LogP contribution is 2.08. The van der Waals surface area contributed by atoms with E-state index in [1.165, 1.54) is 0 Å². The van der Waals surface area contributed by atoms with Gasteiger partial charge < -0.3 is 11.1 Å². The summed E-state index contributed by atoms with van der Waals surface area (Å²) in [7, 11) is 1.93. The van der Waals surface area contributed by atoms with Crippen LogP contribution in [0, 0.1) is 0 Å². The molecule has 104 valence electrons. The van der Waals surface area contributed by atoms with Crippen LogP contribution in [0.1, 0.15) is 37.9 Å². The molecule has 0 fully saturated rings. The summed E-state index contributed by atoms with van der Waals surface area (Å²) in [6, 6.07) is 0. The van der Waals surface area contributed by atoms with Gasteiger partial charge in [-0.05, 0) is 12.8 Å². The van der Waals surface area contributed by atoms with Gasteiger partial charge >= 0.3 is 0 Å². The highest BCUT2D eigenvalue weighted by atomic mass is 127.